The molecule has 134 valence electrons. The number of carboxylic acids is 1. The topological polar surface area (TPSA) is 92.7 Å². The van der Waals surface area contributed by atoms with Crippen molar-refractivity contribution < 1.29 is 27.4 Å². The van der Waals surface area contributed by atoms with Crippen LogP contribution < -0.4 is 9.46 Å². The van der Waals surface area contributed by atoms with Gasteiger partial charge in [0.2, 0.25) is 10.0 Å². The van der Waals surface area contributed by atoms with E-state index in [2.05, 4.69) is 4.72 Å². The van der Waals surface area contributed by atoms with E-state index in [0.717, 1.165) is 23.8 Å². The summed E-state index contributed by atoms with van der Waals surface area (Å²) in [6.07, 6.45) is 0.343. The first-order valence-electron chi connectivity index (χ1n) is 7.58. The van der Waals surface area contributed by atoms with Crippen molar-refractivity contribution in [2.45, 2.75) is 18.2 Å². The highest BCUT2D eigenvalue weighted by Gasteiger charge is 2.21. The smallest absolute Gasteiger partial charge is 0.335 e. The number of rotatable bonds is 8. The number of benzene rings is 2. The molecule has 25 heavy (non-hydrogen) atoms. The minimum absolute atomic E-state index is 0.0170. The quantitative estimate of drug-likeness (QED) is 0.748. The van der Waals surface area contributed by atoms with Crippen molar-refractivity contribution in [3.8, 4) is 5.75 Å². The fourth-order valence-corrected chi connectivity index (χ4v) is 3.38. The molecule has 0 aliphatic carbocycles. The molecular formula is C17H18FNO5S. The molecule has 0 heterocycles. The zero-order valence-corrected chi connectivity index (χ0v) is 14.3. The predicted octanol–water partition coefficient (Wildman–Crippen LogP) is 2.44. The van der Waals surface area contributed by atoms with Crippen LogP contribution in [0.4, 0.5) is 4.39 Å². The second kappa shape index (κ2) is 8.09. The van der Waals surface area contributed by atoms with Crippen molar-refractivity contribution >= 4 is 16.0 Å². The average Bonchev–Trinajstić information content (AvgIpc) is 2.56. The monoisotopic (exact) mass is 367 g/mol. The van der Waals surface area contributed by atoms with E-state index in [1.165, 1.54) is 0 Å². The average molecular weight is 367 g/mol. The van der Waals surface area contributed by atoms with Gasteiger partial charge in [0.25, 0.3) is 0 Å². The van der Waals surface area contributed by atoms with Gasteiger partial charge in [-0.05, 0) is 43.2 Å². The first kappa shape index (κ1) is 18.9. The van der Waals surface area contributed by atoms with Crippen molar-refractivity contribution in [3.05, 3.63) is 59.4 Å². The third-order valence-corrected chi connectivity index (χ3v) is 4.90. The van der Waals surface area contributed by atoms with Crippen LogP contribution in [0.2, 0.25) is 0 Å². The molecule has 6 nitrogen and oxygen atoms in total. The number of nitrogens with one attached hydrogen (secondary N) is 1. The molecule has 8 heteroatoms. The van der Waals surface area contributed by atoms with E-state index in [0.29, 0.717) is 18.8 Å². The van der Waals surface area contributed by atoms with Crippen LogP contribution in [0.15, 0.2) is 47.4 Å². The van der Waals surface area contributed by atoms with Crippen LogP contribution in [0.1, 0.15) is 22.8 Å². The molecule has 0 unspecified atom stereocenters. The number of carboxylic acid groups (broad SMARTS) is 1. The summed E-state index contributed by atoms with van der Waals surface area (Å²) < 4.78 is 46.1. The van der Waals surface area contributed by atoms with Crippen molar-refractivity contribution in [3.63, 3.8) is 0 Å². The second-order valence-electron chi connectivity index (χ2n) is 5.14. The minimum atomic E-state index is -4.17. The summed E-state index contributed by atoms with van der Waals surface area (Å²) >= 11 is 0. The van der Waals surface area contributed by atoms with Crippen LogP contribution in [-0.2, 0) is 16.4 Å². The van der Waals surface area contributed by atoms with E-state index in [1.807, 2.05) is 25.1 Å². The van der Waals surface area contributed by atoms with Crippen molar-refractivity contribution in [1.82, 2.24) is 4.72 Å². The van der Waals surface area contributed by atoms with E-state index < -0.39 is 26.7 Å². The summed E-state index contributed by atoms with van der Waals surface area (Å²) in [7, 11) is -4.17. The standard InChI is InChI=1S/C17H18FNO5S/c1-2-24-15-6-4-3-5-12(15)9-10-19-25(22,23)16-11-13(17(20)21)7-8-14(16)18/h3-8,11,19H,2,9-10H2,1H3,(H,20,21). The highest BCUT2D eigenvalue weighted by molar-refractivity contribution is 7.89. The van der Waals surface area contributed by atoms with Gasteiger partial charge >= 0.3 is 5.97 Å². The third kappa shape index (κ3) is 4.77. The van der Waals surface area contributed by atoms with Crippen LogP contribution in [0.3, 0.4) is 0 Å². The Bertz CT molecular complexity index is 867. The zero-order chi connectivity index (χ0) is 18.4. The summed E-state index contributed by atoms with van der Waals surface area (Å²) in [5.41, 5.74) is 0.510. The van der Waals surface area contributed by atoms with Crippen LogP contribution in [0.5, 0.6) is 5.75 Å². The Morgan fingerprint density at radius 2 is 1.96 bits per heavy atom. The van der Waals surface area contributed by atoms with Gasteiger partial charge in [-0.15, -0.1) is 0 Å². The lowest BCUT2D eigenvalue weighted by atomic mass is 10.1. The first-order valence-corrected chi connectivity index (χ1v) is 9.06. The lowest BCUT2D eigenvalue weighted by molar-refractivity contribution is 0.0696. The summed E-state index contributed by atoms with van der Waals surface area (Å²) in [6, 6.07) is 9.84. The number of halogens is 1. The van der Waals surface area contributed by atoms with Crippen LogP contribution in [0, 0.1) is 5.82 Å². The summed E-state index contributed by atoms with van der Waals surface area (Å²) in [5.74, 6) is -1.68. The molecule has 0 amide bonds. The SMILES string of the molecule is CCOc1ccccc1CCNS(=O)(=O)c1cc(C(=O)O)ccc1F. The Morgan fingerprint density at radius 1 is 1.24 bits per heavy atom. The number of sulfonamides is 1. The molecule has 2 aromatic rings. The molecule has 0 aliphatic rings. The Labute approximate surface area is 145 Å². The fourth-order valence-electron chi connectivity index (χ4n) is 2.25. The molecule has 0 saturated carbocycles. The number of hydrogen-bond donors (Lipinski definition) is 2. The molecule has 0 bridgehead atoms. The molecule has 0 saturated heterocycles. The van der Waals surface area contributed by atoms with Crippen molar-refractivity contribution in [1.29, 1.82) is 0 Å². The van der Waals surface area contributed by atoms with E-state index in [9.17, 15) is 17.6 Å². The Hall–Kier alpha value is -2.45. The fraction of sp³-hybridized carbons (Fsp3) is 0.235. The van der Waals surface area contributed by atoms with E-state index in [-0.39, 0.29) is 12.1 Å². The predicted molar refractivity (Wildman–Crippen MR) is 89.9 cm³/mol. The van der Waals surface area contributed by atoms with E-state index in [1.54, 1.807) is 6.07 Å². The van der Waals surface area contributed by atoms with Gasteiger partial charge in [-0.3, -0.25) is 0 Å². The lowest BCUT2D eigenvalue weighted by Crippen LogP contribution is -2.27. The van der Waals surface area contributed by atoms with Gasteiger partial charge in [0.1, 0.15) is 16.5 Å². The van der Waals surface area contributed by atoms with Gasteiger partial charge in [0, 0.05) is 6.54 Å². The van der Waals surface area contributed by atoms with Gasteiger partial charge < -0.3 is 9.84 Å². The maximum Gasteiger partial charge on any atom is 0.335 e. The molecule has 2 aromatic carbocycles. The molecule has 0 fully saturated rings. The maximum absolute atomic E-state index is 13.8. The van der Waals surface area contributed by atoms with Crippen LogP contribution in [-0.4, -0.2) is 32.6 Å². The molecule has 2 N–H and O–H groups in total. The Balaban J connectivity index is 2.13. The highest BCUT2D eigenvalue weighted by atomic mass is 32.2. The summed E-state index contributed by atoms with van der Waals surface area (Å²) in [6.45, 7) is 2.34. The highest BCUT2D eigenvalue weighted by Crippen LogP contribution is 2.19. The number of aromatic carboxylic acids is 1. The number of hydrogen-bond acceptors (Lipinski definition) is 4. The molecule has 0 radical (unpaired) electrons. The molecule has 2 rings (SSSR count). The number of para-hydroxylation sites is 1. The Morgan fingerprint density at radius 3 is 2.64 bits per heavy atom. The van der Waals surface area contributed by atoms with Gasteiger partial charge in [-0.2, -0.15) is 0 Å². The van der Waals surface area contributed by atoms with Gasteiger partial charge in [-0.1, -0.05) is 18.2 Å². The number of carbonyl (C=O) groups is 1. The summed E-state index contributed by atoms with van der Waals surface area (Å²) in [4.78, 5) is 10.2. The molecule has 0 aromatic heterocycles. The lowest BCUT2D eigenvalue weighted by Gasteiger charge is -2.11. The van der Waals surface area contributed by atoms with E-state index in [4.69, 9.17) is 9.84 Å². The normalized spacial score (nSPS) is 11.3. The summed E-state index contributed by atoms with van der Waals surface area (Å²) in [5, 5.41) is 8.92. The first-order chi connectivity index (χ1) is 11.8. The molecule has 0 atom stereocenters. The van der Waals surface area contributed by atoms with Crippen molar-refractivity contribution in [2.24, 2.45) is 0 Å². The largest absolute Gasteiger partial charge is 0.494 e. The van der Waals surface area contributed by atoms with Crippen LogP contribution >= 0.6 is 0 Å². The van der Waals surface area contributed by atoms with Gasteiger partial charge in [-0.25, -0.2) is 22.3 Å². The third-order valence-electron chi connectivity index (χ3n) is 3.43. The van der Waals surface area contributed by atoms with Gasteiger partial charge in [0.15, 0.2) is 0 Å². The van der Waals surface area contributed by atoms with Crippen LogP contribution in [0.25, 0.3) is 0 Å². The van der Waals surface area contributed by atoms with Crippen molar-refractivity contribution in [2.75, 3.05) is 13.2 Å². The molecular weight excluding hydrogens is 349 g/mol. The number of ether oxygens (including phenoxy) is 1. The second-order valence-corrected chi connectivity index (χ2v) is 6.87. The van der Waals surface area contributed by atoms with E-state index >= 15 is 0 Å². The molecule has 0 aliphatic heterocycles. The maximum atomic E-state index is 13.8. The molecule has 0 spiro atoms. The minimum Gasteiger partial charge on any atom is -0.494 e. The van der Waals surface area contributed by atoms with Gasteiger partial charge in [0.05, 0.1) is 12.2 Å². The Kier molecular flexibility index (Phi) is 6.11. The zero-order valence-electron chi connectivity index (χ0n) is 13.5.